The second-order valence-corrected chi connectivity index (χ2v) is 6.49. The molecule has 0 bridgehead atoms. The van der Waals surface area contributed by atoms with Crippen LogP contribution in [0.1, 0.15) is 58.8 Å². The van der Waals surface area contributed by atoms with Crippen molar-refractivity contribution in [2.24, 2.45) is 11.8 Å². The third-order valence-electron chi connectivity index (χ3n) is 5.28. The highest BCUT2D eigenvalue weighted by Gasteiger charge is 2.35. The molecule has 1 N–H and O–H groups in total. The van der Waals surface area contributed by atoms with Crippen LogP contribution in [-0.2, 0) is 9.59 Å². The topological polar surface area (TPSA) is 49.4 Å². The van der Waals surface area contributed by atoms with Gasteiger partial charge in [-0.05, 0) is 38.8 Å². The number of carbonyl (C=O) groups excluding carboxylic acids is 2. The van der Waals surface area contributed by atoms with Crippen LogP contribution in [0.5, 0.6) is 0 Å². The minimum Gasteiger partial charge on any atom is -0.354 e. The van der Waals surface area contributed by atoms with Crippen LogP contribution in [0.25, 0.3) is 0 Å². The van der Waals surface area contributed by atoms with Gasteiger partial charge in [0, 0.05) is 30.8 Å². The number of carbonyl (C=O) groups is 2. The number of nitrogens with one attached hydrogen (secondary N) is 1. The van der Waals surface area contributed by atoms with Crippen LogP contribution < -0.4 is 5.32 Å². The van der Waals surface area contributed by atoms with Crippen molar-refractivity contribution in [1.29, 1.82) is 0 Å². The summed E-state index contributed by atoms with van der Waals surface area (Å²) in [5.74, 6) is 0.271. The molecule has 120 valence electrons. The summed E-state index contributed by atoms with van der Waals surface area (Å²) in [7, 11) is 0. The Bertz CT molecular complexity index is 370. The maximum atomic E-state index is 12.5. The highest BCUT2D eigenvalue weighted by Crippen LogP contribution is 2.31. The normalized spacial score (nSPS) is 30.3. The second kappa shape index (κ2) is 7.92. The molecular formula is C17H30N2O2. The molecule has 2 fully saturated rings. The van der Waals surface area contributed by atoms with E-state index in [1.54, 1.807) is 0 Å². The van der Waals surface area contributed by atoms with Crippen molar-refractivity contribution in [3.05, 3.63) is 0 Å². The number of nitrogens with zero attached hydrogens (tertiary/aromatic N) is 1. The van der Waals surface area contributed by atoms with E-state index >= 15 is 0 Å². The van der Waals surface area contributed by atoms with Gasteiger partial charge in [0.2, 0.25) is 5.91 Å². The van der Waals surface area contributed by atoms with Crippen molar-refractivity contribution >= 4 is 11.7 Å². The number of ketones is 1. The van der Waals surface area contributed by atoms with Crippen LogP contribution in [-0.4, -0.2) is 42.3 Å². The van der Waals surface area contributed by atoms with Crippen LogP contribution >= 0.6 is 0 Å². The molecule has 0 unspecified atom stereocenters. The molecule has 2 aliphatic rings. The Morgan fingerprint density at radius 1 is 1.05 bits per heavy atom. The lowest BCUT2D eigenvalue weighted by atomic mass is 9.76. The third kappa shape index (κ3) is 4.06. The lowest BCUT2D eigenvalue weighted by molar-refractivity contribution is -0.135. The van der Waals surface area contributed by atoms with Crippen molar-refractivity contribution in [3.8, 4) is 0 Å². The Labute approximate surface area is 128 Å². The molecule has 1 heterocycles. The molecule has 0 aromatic rings. The van der Waals surface area contributed by atoms with Gasteiger partial charge in [-0.2, -0.15) is 0 Å². The quantitative estimate of drug-likeness (QED) is 0.818. The minimum absolute atomic E-state index is 0.0328. The van der Waals surface area contributed by atoms with Crippen molar-refractivity contribution in [3.63, 3.8) is 0 Å². The zero-order valence-corrected chi connectivity index (χ0v) is 13.6. The van der Waals surface area contributed by atoms with E-state index in [0.717, 1.165) is 45.3 Å². The van der Waals surface area contributed by atoms with Crippen molar-refractivity contribution in [1.82, 2.24) is 10.2 Å². The van der Waals surface area contributed by atoms with Crippen LogP contribution in [0.2, 0.25) is 0 Å². The molecule has 0 spiro atoms. The zero-order valence-electron chi connectivity index (χ0n) is 13.6. The number of hydrogen-bond acceptors (Lipinski definition) is 3. The molecule has 4 nitrogen and oxygen atoms in total. The first-order valence-electron chi connectivity index (χ1n) is 8.71. The Morgan fingerprint density at radius 3 is 2.43 bits per heavy atom. The van der Waals surface area contributed by atoms with E-state index in [9.17, 15) is 9.59 Å². The number of Topliss-reactive ketones (excluding diaryl/α,β-unsaturated/α-hetero) is 1. The molecule has 21 heavy (non-hydrogen) atoms. The lowest BCUT2D eigenvalue weighted by Gasteiger charge is -2.30. The summed E-state index contributed by atoms with van der Waals surface area (Å²) in [4.78, 5) is 27.0. The maximum absolute atomic E-state index is 12.5. The van der Waals surface area contributed by atoms with E-state index in [2.05, 4.69) is 17.1 Å². The van der Waals surface area contributed by atoms with E-state index in [0.29, 0.717) is 12.5 Å². The van der Waals surface area contributed by atoms with Crippen molar-refractivity contribution < 1.29 is 9.59 Å². The summed E-state index contributed by atoms with van der Waals surface area (Å²) in [6, 6.07) is 0.489. The highest BCUT2D eigenvalue weighted by molar-refractivity contribution is 5.88. The lowest BCUT2D eigenvalue weighted by Crippen LogP contribution is -2.45. The molecule has 1 saturated carbocycles. The minimum atomic E-state index is -0.0809. The van der Waals surface area contributed by atoms with E-state index < -0.39 is 0 Å². The van der Waals surface area contributed by atoms with Gasteiger partial charge in [0.05, 0.1) is 0 Å². The van der Waals surface area contributed by atoms with Crippen molar-refractivity contribution in [2.75, 3.05) is 19.6 Å². The van der Waals surface area contributed by atoms with Crippen molar-refractivity contribution in [2.45, 2.75) is 64.8 Å². The molecule has 1 aliphatic carbocycles. The number of hydrogen-bond donors (Lipinski definition) is 1. The second-order valence-electron chi connectivity index (χ2n) is 6.49. The first-order valence-corrected chi connectivity index (χ1v) is 8.71. The first-order chi connectivity index (χ1) is 10.2. The van der Waals surface area contributed by atoms with E-state index in [-0.39, 0.29) is 23.5 Å². The van der Waals surface area contributed by atoms with Gasteiger partial charge >= 0.3 is 0 Å². The Kier molecular flexibility index (Phi) is 6.22. The summed E-state index contributed by atoms with van der Waals surface area (Å²) >= 11 is 0. The number of likely N-dealkylation sites (tertiary alicyclic amines) is 1. The summed E-state index contributed by atoms with van der Waals surface area (Å²) in [6.45, 7) is 7.04. The van der Waals surface area contributed by atoms with Gasteiger partial charge in [0.15, 0.2) is 0 Å². The van der Waals surface area contributed by atoms with Gasteiger partial charge in [0.25, 0.3) is 0 Å². The van der Waals surface area contributed by atoms with E-state index in [1.807, 2.05) is 6.92 Å². The van der Waals surface area contributed by atoms with Gasteiger partial charge < -0.3 is 5.32 Å². The maximum Gasteiger partial charge on any atom is 0.223 e. The fourth-order valence-electron chi connectivity index (χ4n) is 3.98. The number of likely N-dealkylation sites (N-methyl/N-ethyl adjacent to an activating group) is 1. The van der Waals surface area contributed by atoms with Gasteiger partial charge in [-0.25, -0.2) is 0 Å². The third-order valence-corrected chi connectivity index (χ3v) is 5.28. The molecule has 2 rings (SSSR count). The molecule has 1 saturated heterocycles. The molecule has 3 atom stereocenters. The van der Waals surface area contributed by atoms with E-state index in [1.165, 1.54) is 12.8 Å². The average Bonchev–Trinajstić information content (AvgIpc) is 2.99. The SMILES string of the molecule is CCC(=O)[C@@H]1CCCC[C@@H]1C(=O)NC[C@H]1CCCN1CC. The molecule has 0 radical (unpaired) electrons. The first kappa shape index (κ1) is 16.5. The largest absolute Gasteiger partial charge is 0.354 e. The number of amides is 1. The van der Waals surface area contributed by atoms with E-state index in [4.69, 9.17) is 0 Å². The van der Waals surface area contributed by atoms with Gasteiger partial charge in [-0.3, -0.25) is 14.5 Å². The summed E-state index contributed by atoms with van der Waals surface area (Å²) < 4.78 is 0. The summed E-state index contributed by atoms with van der Waals surface area (Å²) in [5, 5.41) is 3.13. The molecule has 4 heteroatoms. The Balaban J connectivity index is 1.87. The van der Waals surface area contributed by atoms with Gasteiger partial charge in [0.1, 0.15) is 5.78 Å². The highest BCUT2D eigenvalue weighted by atomic mass is 16.2. The average molecular weight is 294 g/mol. The fourth-order valence-corrected chi connectivity index (χ4v) is 3.98. The van der Waals surface area contributed by atoms with Crippen LogP contribution in [0, 0.1) is 11.8 Å². The number of rotatable bonds is 6. The molecule has 0 aromatic heterocycles. The Hall–Kier alpha value is -0.900. The fraction of sp³-hybridized carbons (Fsp3) is 0.882. The predicted octanol–water partition coefficient (Wildman–Crippen LogP) is 2.37. The van der Waals surface area contributed by atoms with Crippen LogP contribution in [0.15, 0.2) is 0 Å². The summed E-state index contributed by atoms with van der Waals surface area (Å²) in [6.07, 6.45) is 6.91. The standard InChI is InChI=1S/C17H30N2O2/c1-3-16(20)14-9-5-6-10-15(14)17(21)18-12-13-8-7-11-19(13)4-2/h13-15H,3-12H2,1-2H3,(H,18,21)/t13-,14-,15+/m1/s1. The van der Waals surface area contributed by atoms with Crippen LogP contribution in [0.4, 0.5) is 0 Å². The zero-order chi connectivity index (χ0) is 15.2. The smallest absolute Gasteiger partial charge is 0.223 e. The monoisotopic (exact) mass is 294 g/mol. The molecule has 1 aliphatic heterocycles. The Morgan fingerprint density at radius 2 is 1.76 bits per heavy atom. The van der Waals surface area contributed by atoms with Gasteiger partial charge in [-0.1, -0.05) is 26.7 Å². The molecule has 0 aromatic carbocycles. The molecule has 1 amide bonds. The van der Waals surface area contributed by atoms with Crippen LogP contribution in [0.3, 0.4) is 0 Å². The predicted molar refractivity (Wildman–Crippen MR) is 84.0 cm³/mol. The summed E-state index contributed by atoms with van der Waals surface area (Å²) in [5.41, 5.74) is 0. The van der Waals surface area contributed by atoms with Gasteiger partial charge in [-0.15, -0.1) is 0 Å². The molecular weight excluding hydrogens is 264 g/mol.